The first kappa shape index (κ1) is 17.8. The summed E-state index contributed by atoms with van der Waals surface area (Å²) in [6, 6.07) is 6.18. The molecule has 0 bridgehead atoms. The van der Waals surface area contributed by atoms with E-state index in [9.17, 15) is 9.59 Å². The van der Waals surface area contributed by atoms with Gasteiger partial charge in [-0.15, -0.1) is 12.4 Å². The van der Waals surface area contributed by atoms with Gasteiger partial charge in [-0.1, -0.05) is 12.1 Å². The fraction of sp³-hybridized carbons (Fsp3) is 0.333. The van der Waals surface area contributed by atoms with Crippen LogP contribution in [0.1, 0.15) is 15.9 Å². The van der Waals surface area contributed by atoms with Crippen LogP contribution in [0.25, 0.3) is 0 Å². The third-order valence-electron chi connectivity index (χ3n) is 2.38. The van der Waals surface area contributed by atoms with Crippen LogP contribution in [0.15, 0.2) is 24.3 Å². The van der Waals surface area contributed by atoms with Gasteiger partial charge in [0.25, 0.3) is 0 Å². The minimum atomic E-state index is -0.609. The number of methoxy groups -OCH3 is 1. The zero-order chi connectivity index (χ0) is 13.5. The number of carbonyl (C=O) groups is 2. The average molecular weight is 305 g/mol. The van der Waals surface area contributed by atoms with E-state index in [1.54, 1.807) is 24.3 Å². The maximum Gasteiger partial charge on any atom is 0.337 e. The molecule has 0 saturated carbocycles. The van der Waals surface area contributed by atoms with Crippen LogP contribution in [0.4, 0.5) is 0 Å². The summed E-state index contributed by atoms with van der Waals surface area (Å²) < 4.78 is 4.59. The van der Waals surface area contributed by atoms with E-state index < -0.39 is 6.04 Å². The normalized spacial score (nSPS) is 11.1. The predicted octanol–water partition coefficient (Wildman–Crippen LogP) is 0.768. The van der Waals surface area contributed by atoms with Gasteiger partial charge in [0, 0.05) is 12.3 Å². The van der Waals surface area contributed by atoms with Crippen LogP contribution in [0.2, 0.25) is 0 Å². The van der Waals surface area contributed by atoms with E-state index in [0.29, 0.717) is 17.9 Å². The van der Waals surface area contributed by atoms with Crippen LogP contribution in [-0.2, 0) is 16.1 Å². The van der Waals surface area contributed by atoms with Crippen LogP contribution in [0, 0.1) is 0 Å². The minimum Gasteiger partial charge on any atom is -0.465 e. The molecule has 3 N–H and O–H groups in total. The van der Waals surface area contributed by atoms with Crippen LogP contribution >= 0.6 is 25.0 Å². The Balaban J connectivity index is 0.00000324. The van der Waals surface area contributed by atoms with Crippen LogP contribution < -0.4 is 11.1 Å². The highest BCUT2D eigenvalue weighted by molar-refractivity contribution is 7.80. The monoisotopic (exact) mass is 304 g/mol. The molecule has 19 heavy (non-hydrogen) atoms. The summed E-state index contributed by atoms with van der Waals surface area (Å²) in [7, 11) is 1.33. The molecule has 0 aromatic heterocycles. The average Bonchev–Trinajstić information content (AvgIpc) is 2.43. The Labute approximate surface area is 123 Å². The predicted molar refractivity (Wildman–Crippen MR) is 78.7 cm³/mol. The number of halogens is 1. The molecule has 0 radical (unpaired) electrons. The summed E-state index contributed by atoms with van der Waals surface area (Å²) in [6.45, 7) is 0.363. The summed E-state index contributed by atoms with van der Waals surface area (Å²) >= 11 is 3.94. The fourth-order valence-electron chi connectivity index (χ4n) is 1.28. The Morgan fingerprint density at radius 3 is 2.42 bits per heavy atom. The molecular formula is C12H17ClN2O3S. The lowest BCUT2D eigenvalue weighted by atomic mass is 10.1. The lowest BCUT2D eigenvalue weighted by molar-refractivity contribution is -0.122. The smallest absolute Gasteiger partial charge is 0.337 e. The molecule has 1 rings (SSSR count). The minimum absolute atomic E-state index is 0. The molecule has 0 aliphatic carbocycles. The van der Waals surface area contributed by atoms with Crippen molar-refractivity contribution >= 4 is 36.9 Å². The fourth-order valence-corrected chi connectivity index (χ4v) is 1.45. The van der Waals surface area contributed by atoms with Gasteiger partial charge < -0.3 is 15.8 Å². The van der Waals surface area contributed by atoms with E-state index in [-0.39, 0.29) is 24.3 Å². The van der Waals surface area contributed by atoms with Gasteiger partial charge in [0.2, 0.25) is 5.91 Å². The number of rotatable bonds is 5. The number of carbonyl (C=O) groups excluding carboxylic acids is 2. The molecule has 1 amide bonds. The van der Waals surface area contributed by atoms with Gasteiger partial charge >= 0.3 is 5.97 Å². The Morgan fingerprint density at radius 1 is 1.37 bits per heavy atom. The van der Waals surface area contributed by atoms with Crippen molar-refractivity contribution in [2.45, 2.75) is 12.6 Å². The van der Waals surface area contributed by atoms with Crippen molar-refractivity contribution in [3.8, 4) is 0 Å². The zero-order valence-electron chi connectivity index (χ0n) is 10.5. The van der Waals surface area contributed by atoms with E-state index in [2.05, 4.69) is 22.7 Å². The van der Waals surface area contributed by atoms with Gasteiger partial charge in [-0.05, 0) is 17.7 Å². The van der Waals surface area contributed by atoms with E-state index in [0.717, 1.165) is 5.56 Å². The highest BCUT2D eigenvalue weighted by atomic mass is 35.5. The molecule has 0 spiro atoms. The molecule has 1 atom stereocenters. The van der Waals surface area contributed by atoms with Crippen LogP contribution in [0.5, 0.6) is 0 Å². The second-order valence-corrected chi connectivity index (χ2v) is 4.06. The Bertz CT molecular complexity index is 425. The van der Waals surface area contributed by atoms with Gasteiger partial charge in [0.05, 0.1) is 18.7 Å². The van der Waals surface area contributed by atoms with Crippen LogP contribution in [0.3, 0.4) is 0 Å². The molecular weight excluding hydrogens is 288 g/mol. The molecule has 0 saturated heterocycles. The van der Waals surface area contributed by atoms with Crippen molar-refractivity contribution in [3.63, 3.8) is 0 Å². The first-order chi connectivity index (χ1) is 8.58. The zero-order valence-corrected chi connectivity index (χ0v) is 12.2. The standard InChI is InChI=1S/C12H16N2O3S.ClH/c1-17-12(16)9-4-2-8(3-5-9)6-14-11(15)10(13)7-18;/h2-5,10,18H,6-7,13H2,1H3,(H,14,15);1H. The van der Waals surface area contributed by atoms with E-state index in [1.165, 1.54) is 7.11 Å². The van der Waals surface area contributed by atoms with E-state index in [4.69, 9.17) is 5.73 Å². The number of nitrogens with two attached hydrogens (primary N) is 1. The summed E-state index contributed by atoms with van der Waals surface area (Å²) in [6.07, 6.45) is 0. The number of hydrogen-bond donors (Lipinski definition) is 3. The highest BCUT2D eigenvalue weighted by Crippen LogP contribution is 2.05. The number of amides is 1. The molecule has 7 heteroatoms. The van der Waals surface area contributed by atoms with Crippen molar-refractivity contribution in [3.05, 3.63) is 35.4 Å². The Hall–Kier alpha value is -1.24. The molecule has 1 aromatic carbocycles. The highest BCUT2D eigenvalue weighted by Gasteiger charge is 2.10. The van der Waals surface area contributed by atoms with E-state index in [1.807, 2.05) is 0 Å². The van der Waals surface area contributed by atoms with Crippen LogP contribution in [-0.4, -0.2) is 30.8 Å². The largest absolute Gasteiger partial charge is 0.465 e. The van der Waals surface area contributed by atoms with Crippen molar-refractivity contribution in [1.82, 2.24) is 5.32 Å². The molecule has 0 heterocycles. The number of ether oxygens (including phenoxy) is 1. The van der Waals surface area contributed by atoms with Crippen molar-refractivity contribution in [2.75, 3.05) is 12.9 Å². The number of esters is 1. The molecule has 0 fully saturated rings. The van der Waals surface area contributed by atoms with E-state index >= 15 is 0 Å². The SMILES string of the molecule is COC(=O)c1ccc(CNC(=O)C(N)CS)cc1.Cl. The number of benzene rings is 1. The molecule has 106 valence electrons. The maximum absolute atomic E-state index is 11.4. The third kappa shape index (κ3) is 5.50. The molecule has 0 aliphatic heterocycles. The molecule has 1 aromatic rings. The Morgan fingerprint density at radius 2 is 1.95 bits per heavy atom. The van der Waals surface area contributed by atoms with Crippen molar-refractivity contribution in [1.29, 1.82) is 0 Å². The van der Waals surface area contributed by atoms with Gasteiger partial charge in [0.15, 0.2) is 0 Å². The third-order valence-corrected chi connectivity index (χ3v) is 2.77. The lowest BCUT2D eigenvalue weighted by Crippen LogP contribution is -2.41. The summed E-state index contributed by atoms with van der Waals surface area (Å²) in [5.41, 5.74) is 6.86. The molecule has 5 nitrogen and oxygen atoms in total. The second-order valence-electron chi connectivity index (χ2n) is 3.70. The van der Waals surface area contributed by atoms with Crippen molar-refractivity contribution in [2.24, 2.45) is 5.73 Å². The number of nitrogens with one attached hydrogen (secondary N) is 1. The first-order valence-corrected chi connectivity index (χ1v) is 6.03. The van der Waals surface area contributed by atoms with Gasteiger partial charge in [0.1, 0.15) is 0 Å². The summed E-state index contributed by atoms with van der Waals surface area (Å²) in [5, 5.41) is 2.68. The first-order valence-electron chi connectivity index (χ1n) is 5.40. The summed E-state index contributed by atoms with van der Waals surface area (Å²) in [5.74, 6) is -0.336. The van der Waals surface area contributed by atoms with Gasteiger partial charge in [-0.25, -0.2) is 4.79 Å². The summed E-state index contributed by atoms with van der Waals surface area (Å²) in [4.78, 5) is 22.6. The molecule has 1 unspecified atom stereocenters. The number of thiol groups is 1. The quantitative estimate of drug-likeness (QED) is 0.554. The maximum atomic E-state index is 11.4. The van der Waals surface area contributed by atoms with Gasteiger partial charge in [-0.2, -0.15) is 12.6 Å². The van der Waals surface area contributed by atoms with Crippen molar-refractivity contribution < 1.29 is 14.3 Å². The Kier molecular flexibility index (Phi) is 8.22. The second kappa shape index (κ2) is 8.79. The number of hydrogen-bond acceptors (Lipinski definition) is 5. The van der Waals surface area contributed by atoms with Gasteiger partial charge in [-0.3, -0.25) is 4.79 Å². The molecule has 0 aliphatic rings. The lowest BCUT2D eigenvalue weighted by Gasteiger charge is -2.09. The topological polar surface area (TPSA) is 81.4 Å².